The first kappa shape index (κ1) is 24.1. The van der Waals surface area contributed by atoms with E-state index in [9.17, 15) is 9.90 Å². The van der Waals surface area contributed by atoms with E-state index in [2.05, 4.69) is 24.5 Å². The molecule has 1 aromatic rings. The maximum Gasteiger partial charge on any atom is 0.243 e. The average Bonchev–Trinajstić information content (AvgIpc) is 2.72. The van der Waals surface area contributed by atoms with Crippen LogP contribution in [0.15, 0.2) is 24.3 Å². The van der Waals surface area contributed by atoms with Crippen molar-refractivity contribution >= 4 is 12.0 Å². The number of carbonyl (C=O) groups excluding carboxylic acids is 1. The van der Waals surface area contributed by atoms with Crippen LogP contribution >= 0.6 is 0 Å². The number of carbonyl (C=O) groups is 1. The van der Waals surface area contributed by atoms with Crippen LogP contribution in [0.2, 0.25) is 0 Å². The van der Waals surface area contributed by atoms with E-state index in [-0.39, 0.29) is 11.7 Å². The normalized spacial score (nSPS) is 32.4. The Labute approximate surface area is 199 Å². The van der Waals surface area contributed by atoms with E-state index in [0.717, 1.165) is 30.9 Å². The third-order valence-electron chi connectivity index (χ3n) is 8.16. The van der Waals surface area contributed by atoms with E-state index in [1.54, 1.807) is 24.3 Å². The smallest absolute Gasteiger partial charge is 0.243 e. The molecule has 4 aliphatic carbocycles. The van der Waals surface area contributed by atoms with Gasteiger partial charge in [-0.3, -0.25) is 4.79 Å². The molecule has 3 N–H and O–H groups in total. The Balaban J connectivity index is 1.09. The molecule has 0 saturated heterocycles. The van der Waals surface area contributed by atoms with Crippen LogP contribution in [0.3, 0.4) is 0 Å². The number of rotatable bonds is 11. The van der Waals surface area contributed by atoms with Crippen molar-refractivity contribution in [1.29, 1.82) is 0 Å². The fourth-order valence-electron chi connectivity index (χ4n) is 7.84. The van der Waals surface area contributed by atoms with Gasteiger partial charge in [-0.2, -0.15) is 0 Å². The zero-order valence-electron chi connectivity index (χ0n) is 20.7. The fraction of sp³-hybridized carbons (Fsp3) is 0.679. The monoisotopic (exact) mass is 454 g/mol. The number of aromatic hydroxyl groups is 1. The van der Waals surface area contributed by atoms with Crippen LogP contribution in [-0.4, -0.2) is 36.8 Å². The van der Waals surface area contributed by atoms with Crippen LogP contribution in [0.1, 0.15) is 83.6 Å². The van der Waals surface area contributed by atoms with Crippen molar-refractivity contribution in [3.05, 3.63) is 29.8 Å². The standard InChI is InChI=1S/C28H42N2O3/c1-26-15-22-16-27(2,18-26)20-28(17-22,19-26)30-13-7-5-4-6-12-29-25(32)11-9-21-8-10-23(31)24(14-21)33-3/h8-11,14,22,30-31H,4-7,12-13,15-20H2,1-3H3,(H,29,32)/b11-9+. The molecule has 1 amide bonds. The molecular formula is C28H42N2O3. The van der Waals surface area contributed by atoms with Gasteiger partial charge in [0.2, 0.25) is 5.91 Å². The number of hydrogen-bond acceptors (Lipinski definition) is 4. The lowest BCUT2D eigenvalue weighted by molar-refractivity contribution is -0.118. The number of phenols is 1. The molecule has 4 bridgehead atoms. The number of hydrogen-bond donors (Lipinski definition) is 3. The average molecular weight is 455 g/mol. The number of methoxy groups -OCH3 is 1. The van der Waals surface area contributed by atoms with E-state index in [4.69, 9.17) is 4.74 Å². The van der Waals surface area contributed by atoms with Gasteiger partial charge >= 0.3 is 0 Å². The first-order valence-electron chi connectivity index (χ1n) is 12.8. The van der Waals surface area contributed by atoms with Gasteiger partial charge in [-0.15, -0.1) is 0 Å². The molecule has 5 heteroatoms. The minimum absolute atomic E-state index is 0.0903. The number of amides is 1. The van der Waals surface area contributed by atoms with E-state index >= 15 is 0 Å². The van der Waals surface area contributed by atoms with Crippen molar-refractivity contribution in [2.24, 2.45) is 16.7 Å². The molecule has 0 aliphatic heterocycles. The molecule has 4 aliphatic rings. The van der Waals surface area contributed by atoms with Crippen LogP contribution in [0.5, 0.6) is 11.5 Å². The summed E-state index contributed by atoms with van der Waals surface area (Å²) in [6.45, 7) is 6.91. The van der Waals surface area contributed by atoms with Crippen molar-refractivity contribution in [3.63, 3.8) is 0 Å². The van der Waals surface area contributed by atoms with Crippen LogP contribution in [-0.2, 0) is 4.79 Å². The first-order valence-corrected chi connectivity index (χ1v) is 12.8. The Hall–Kier alpha value is -2.01. The lowest BCUT2D eigenvalue weighted by Gasteiger charge is -2.65. The summed E-state index contributed by atoms with van der Waals surface area (Å²) in [5.74, 6) is 1.35. The summed E-state index contributed by atoms with van der Waals surface area (Å²) in [6, 6.07) is 5.02. The molecule has 0 heterocycles. The first-order chi connectivity index (χ1) is 15.7. The third-order valence-corrected chi connectivity index (χ3v) is 8.16. The molecule has 0 radical (unpaired) electrons. The summed E-state index contributed by atoms with van der Waals surface area (Å²) < 4.78 is 5.09. The zero-order chi connectivity index (χ0) is 23.5. The molecule has 182 valence electrons. The maximum absolute atomic E-state index is 12.0. The van der Waals surface area contributed by atoms with Gasteiger partial charge in [0.25, 0.3) is 0 Å². The minimum Gasteiger partial charge on any atom is -0.504 e. The van der Waals surface area contributed by atoms with Gasteiger partial charge in [0, 0.05) is 18.2 Å². The lowest BCUT2D eigenvalue weighted by Crippen LogP contribution is -2.64. The van der Waals surface area contributed by atoms with Crippen LogP contribution in [0.25, 0.3) is 6.08 Å². The Morgan fingerprint density at radius 2 is 1.76 bits per heavy atom. The molecule has 4 fully saturated rings. The Morgan fingerprint density at radius 1 is 1.06 bits per heavy atom. The van der Waals surface area contributed by atoms with E-state index in [1.807, 2.05) is 0 Å². The predicted molar refractivity (Wildman–Crippen MR) is 133 cm³/mol. The van der Waals surface area contributed by atoms with Crippen LogP contribution in [0, 0.1) is 16.7 Å². The number of unbranched alkanes of at least 4 members (excludes halogenated alkanes) is 3. The highest BCUT2D eigenvalue weighted by molar-refractivity contribution is 5.91. The second kappa shape index (κ2) is 9.69. The second-order valence-corrected chi connectivity index (χ2v) is 11.8. The zero-order valence-corrected chi connectivity index (χ0v) is 20.7. The van der Waals surface area contributed by atoms with Crippen molar-refractivity contribution < 1.29 is 14.6 Å². The molecule has 1 aromatic carbocycles. The third kappa shape index (κ3) is 5.92. The molecule has 0 aromatic heterocycles. The molecular weight excluding hydrogens is 412 g/mol. The quantitative estimate of drug-likeness (QED) is 0.308. The molecule has 33 heavy (non-hydrogen) atoms. The van der Waals surface area contributed by atoms with Gasteiger partial charge in [0.15, 0.2) is 11.5 Å². The Morgan fingerprint density at radius 3 is 2.42 bits per heavy atom. The summed E-state index contributed by atoms with van der Waals surface area (Å²) >= 11 is 0. The van der Waals surface area contributed by atoms with Crippen molar-refractivity contribution in [1.82, 2.24) is 10.6 Å². The highest BCUT2D eigenvalue weighted by Crippen LogP contribution is 2.66. The van der Waals surface area contributed by atoms with Gasteiger partial charge in [0.1, 0.15) is 0 Å². The summed E-state index contributed by atoms with van der Waals surface area (Å²) in [7, 11) is 1.51. The summed E-state index contributed by atoms with van der Waals surface area (Å²) in [6.07, 6.45) is 16.3. The lowest BCUT2D eigenvalue weighted by atomic mass is 9.43. The Bertz CT molecular complexity index is 862. The molecule has 2 unspecified atom stereocenters. The summed E-state index contributed by atoms with van der Waals surface area (Å²) in [5, 5.41) is 16.6. The van der Waals surface area contributed by atoms with E-state index < -0.39 is 0 Å². The number of phenolic OH excluding ortho intramolecular Hbond substituents is 1. The largest absolute Gasteiger partial charge is 0.504 e. The Kier molecular flexibility index (Phi) is 7.09. The van der Waals surface area contributed by atoms with Gasteiger partial charge in [-0.1, -0.05) is 32.8 Å². The second-order valence-electron chi connectivity index (χ2n) is 11.8. The van der Waals surface area contributed by atoms with Crippen molar-refractivity contribution in [2.45, 2.75) is 83.6 Å². The SMILES string of the molecule is COc1cc(/C=C/C(=O)NCCCCCCNC23CC4CC(C)(CC(C)(C4)C2)C3)ccc1O. The topological polar surface area (TPSA) is 70.6 Å². The number of nitrogens with one attached hydrogen (secondary N) is 2. The maximum atomic E-state index is 12.0. The van der Waals surface area contributed by atoms with E-state index in [0.29, 0.717) is 28.7 Å². The molecule has 2 atom stereocenters. The van der Waals surface area contributed by atoms with Crippen molar-refractivity contribution in [3.8, 4) is 11.5 Å². The van der Waals surface area contributed by atoms with Gasteiger partial charge in [-0.05, 0) is 98.4 Å². The number of ether oxygens (including phenoxy) is 1. The summed E-state index contributed by atoms with van der Waals surface area (Å²) in [5.41, 5.74) is 2.36. The van der Waals surface area contributed by atoms with Gasteiger partial charge < -0.3 is 20.5 Å². The van der Waals surface area contributed by atoms with Gasteiger partial charge in [0.05, 0.1) is 7.11 Å². The molecule has 0 spiro atoms. The minimum atomic E-state index is -0.0903. The number of benzene rings is 1. The molecule has 4 saturated carbocycles. The van der Waals surface area contributed by atoms with Crippen molar-refractivity contribution in [2.75, 3.05) is 20.2 Å². The predicted octanol–water partition coefficient (Wildman–Crippen LogP) is 5.43. The summed E-state index contributed by atoms with van der Waals surface area (Å²) in [4.78, 5) is 12.0. The molecule has 5 rings (SSSR count). The van der Waals surface area contributed by atoms with Crippen LogP contribution in [0.4, 0.5) is 0 Å². The fourth-order valence-corrected chi connectivity index (χ4v) is 7.84. The van der Waals surface area contributed by atoms with E-state index in [1.165, 1.54) is 64.6 Å². The van der Waals surface area contributed by atoms with Crippen LogP contribution < -0.4 is 15.4 Å². The highest BCUT2D eigenvalue weighted by Gasteiger charge is 2.59. The van der Waals surface area contributed by atoms with Gasteiger partial charge in [-0.25, -0.2) is 0 Å². The molecule has 5 nitrogen and oxygen atoms in total. The highest BCUT2D eigenvalue weighted by atomic mass is 16.5.